The number of amides is 1. The molecule has 0 saturated carbocycles. The van der Waals surface area contributed by atoms with E-state index in [-0.39, 0.29) is 11.7 Å². The van der Waals surface area contributed by atoms with Crippen molar-refractivity contribution in [3.63, 3.8) is 0 Å². The lowest BCUT2D eigenvalue weighted by atomic mass is 9.98. The van der Waals surface area contributed by atoms with Crippen LogP contribution in [0.15, 0.2) is 77.3 Å². The summed E-state index contributed by atoms with van der Waals surface area (Å²) < 4.78 is 6.28. The average Bonchev–Trinajstić information content (AvgIpc) is 2.81. The highest BCUT2D eigenvalue weighted by Gasteiger charge is 2.18. The van der Waals surface area contributed by atoms with Crippen LogP contribution in [0.2, 0.25) is 0 Å². The van der Waals surface area contributed by atoms with Gasteiger partial charge in [-0.2, -0.15) is 0 Å². The number of nitrogens with one attached hydrogen (secondary N) is 1. The van der Waals surface area contributed by atoms with Gasteiger partial charge in [0.15, 0.2) is 5.78 Å². The highest BCUT2D eigenvalue weighted by atomic mass is 79.9. The quantitative estimate of drug-likeness (QED) is 0.518. The number of benzene rings is 3. The third-order valence-corrected chi connectivity index (χ3v) is 5.77. The van der Waals surface area contributed by atoms with Gasteiger partial charge in [0, 0.05) is 40.9 Å². The molecule has 1 N–H and O–H groups in total. The van der Waals surface area contributed by atoms with Crippen molar-refractivity contribution in [1.82, 2.24) is 4.90 Å². The predicted molar refractivity (Wildman–Crippen MR) is 125 cm³/mol. The van der Waals surface area contributed by atoms with Crippen molar-refractivity contribution in [3.8, 4) is 0 Å². The summed E-state index contributed by atoms with van der Waals surface area (Å²) in [6, 6.07) is 21.8. The van der Waals surface area contributed by atoms with E-state index in [9.17, 15) is 9.59 Å². The van der Waals surface area contributed by atoms with Crippen LogP contribution in [0, 0.1) is 0 Å². The van der Waals surface area contributed by atoms with Crippen LogP contribution < -0.4 is 5.32 Å². The zero-order valence-electron chi connectivity index (χ0n) is 17.0. The molecule has 1 saturated heterocycles. The summed E-state index contributed by atoms with van der Waals surface area (Å²) in [5, 5.41) is 2.91. The van der Waals surface area contributed by atoms with Crippen LogP contribution in [0.3, 0.4) is 0 Å². The van der Waals surface area contributed by atoms with E-state index in [2.05, 4.69) is 26.1 Å². The van der Waals surface area contributed by atoms with Crippen LogP contribution in [0.1, 0.15) is 31.8 Å². The van der Waals surface area contributed by atoms with E-state index < -0.39 is 0 Å². The topological polar surface area (TPSA) is 58.6 Å². The summed E-state index contributed by atoms with van der Waals surface area (Å²) in [5.74, 6) is -0.485. The molecule has 3 aromatic rings. The van der Waals surface area contributed by atoms with Crippen LogP contribution in [0.4, 0.5) is 5.69 Å². The van der Waals surface area contributed by atoms with Crippen molar-refractivity contribution in [2.45, 2.75) is 6.54 Å². The molecule has 0 spiro atoms. The molecule has 1 aliphatic rings. The van der Waals surface area contributed by atoms with E-state index >= 15 is 0 Å². The fraction of sp³-hybridized carbons (Fsp3) is 0.200. The van der Waals surface area contributed by atoms with Crippen molar-refractivity contribution >= 4 is 33.3 Å². The van der Waals surface area contributed by atoms with Crippen molar-refractivity contribution in [2.24, 2.45) is 0 Å². The number of nitrogens with zero attached hydrogens (tertiary/aromatic N) is 1. The highest BCUT2D eigenvalue weighted by molar-refractivity contribution is 9.10. The van der Waals surface area contributed by atoms with Crippen molar-refractivity contribution < 1.29 is 14.3 Å². The van der Waals surface area contributed by atoms with Gasteiger partial charge in [0.25, 0.3) is 5.91 Å². The van der Waals surface area contributed by atoms with Crippen LogP contribution in [-0.2, 0) is 11.3 Å². The Labute approximate surface area is 190 Å². The number of hydrogen-bond donors (Lipinski definition) is 1. The van der Waals surface area contributed by atoms with E-state index in [0.29, 0.717) is 22.4 Å². The summed E-state index contributed by atoms with van der Waals surface area (Å²) in [5.41, 5.74) is 3.15. The molecule has 0 aromatic heterocycles. The van der Waals surface area contributed by atoms with Gasteiger partial charge >= 0.3 is 0 Å². The SMILES string of the molecule is O=C(Nc1ccc(CN2CCOCC2)cc1)c1ccccc1C(=O)c1ccc(Br)cc1. The van der Waals surface area contributed by atoms with Crippen LogP contribution in [-0.4, -0.2) is 42.9 Å². The van der Waals surface area contributed by atoms with Gasteiger partial charge in [-0.25, -0.2) is 0 Å². The largest absolute Gasteiger partial charge is 0.379 e. The molecule has 1 aliphatic heterocycles. The normalized spacial score (nSPS) is 14.2. The molecule has 0 aliphatic carbocycles. The summed E-state index contributed by atoms with van der Waals surface area (Å²) in [7, 11) is 0. The predicted octanol–water partition coefficient (Wildman–Crippen LogP) is 4.76. The number of ketones is 1. The molecule has 4 rings (SSSR count). The fourth-order valence-corrected chi connectivity index (χ4v) is 3.81. The third-order valence-electron chi connectivity index (χ3n) is 5.24. The average molecular weight is 479 g/mol. The highest BCUT2D eigenvalue weighted by Crippen LogP contribution is 2.19. The molecule has 31 heavy (non-hydrogen) atoms. The maximum absolute atomic E-state index is 13.0. The van der Waals surface area contributed by atoms with Gasteiger partial charge in [0.05, 0.1) is 18.8 Å². The summed E-state index contributed by atoms with van der Waals surface area (Å²) >= 11 is 3.37. The maximum atomic E-state index is 13.0. The summed E-state index contributed by atoms with van der Waals surface area (Å²) in [6.45, 7) is 4.27. The Hall–Kier alpha value is -2.80. The lowest BCUT2D eigenvalue weighted by Crippen LogP contribution is -2.35. The van der Waals surface area contributed by atoms with Crippen molar-refractivity contribution in [1.29, 1.82) is 0 Å². The molecule has 0 radical (unpaired) electrons. The monoisotopic (exact) mass is 478 g/mol. The molecule has 1 amide bonds. The molecular weight excluding hydrogens is 456 g/mol. The standard InChI is InChI=1S/C25H23BrN2O3/c26-20-9-7-19(8-10-20)24(29)22-3-1-2-4-23(22)25(30)27-21-11-5-18(6-12-21)17-28-13-15-31-16-14-28/h1-12H,13-17H2,(H,27,30). The Balaban J connectivity index is 1.46. The molecule has 6 heteroatoms. The molecule has 1 heterocycles. The molecule has 3 aromatic carbocycles. The van der Waals surface area contributed by atoms with E-state index in [1.165, 1.54) is 5.56 Å². The molecule has 5 nitrogen and oxygen atoms in total. The number of carbonyl (C=O) groups is 2. The molecule has 0 unspecified atom stereocenters. The zero-order chi connectivity index (χ0) is 21.6. The van der Waals surface area contributed by atoms with Gasteiger partial charge in [-0.05, 0) is 48.0 Å². The minimum Gasteiger partial charge on any atom is -0.379 e. The Morgan fingerprint density at radius 3 is 2.19 bits per heavy atom. The van der Waals surface area contributed by atoms with Gasteiger partial charge in [0.1, 0.15) is 0 Å². The second-order valence-electron chi connectivity index (χ2n) is 7.42. The number of halogens is 1. The summed E-state index contributed by atoms with van der Waals surface area (Å²) in [4.78, 5) is 28.2. The Morgan fingerprint density at radius 1 is 0.871 bits per heavy atom. The van der Waals surface area contributed by atoms with E-state index in [0.717, 1.165) is 37.3 Å². The first kappa shape index (κ1) is 21.4. The number of anilines is 1. The number of hydrogen-bond acceptors (Lipinski definition) is 4. The van der Waals surface area contributed by atoms with Gasteiger partial charge in [-0.1, -0.05) is 46.3 Å². The lowest BCUT2D eigenvalue weighted by molar-refractivity contribution is 0.0342. The molecule has 158 valence electrons. The number of carbonyl (C=O) groups excluding carboxylic acids is 2. The van der Waals surface area contributed by atoms with Crippen molar-refractivity contribution in [2.75, 3.05) is 31.6 Å². The Bertz CT molecular complexity index is 1060. The van der Waals surface area contributed by atoms with Crippen LogP contribution in [0.5, 0.6) is 0 Å². The smallest absolute Gasteiger partial charge is 0.256 e. The van der Waals surface area contributed by atoms with E-state index in [4.69, 9.17) is 4.74 Å². The number of ether oxygens (including phenoxy) is 1. The summed E-state index contributed by atoms with van der Waals surface area (Å²) in [6.07, 6.45) is 0. The zero-order valence-corrected chi connectivity index (χ0v) is 18.6. The number of morpholine rings is 1. The third kappa shape index (κ3) is 5.47. The minimum atomic E-state index is -0.304. The van der Waals surface area contributed by atoms with Crippen LogP contribution >= 0.6 is 15.9 Å². The van der Waals surface area contributed by atoms with Gasteiger partial charge in [0.2, 0.25) is 0 Å². The van der Waals surface area contributed by atoms with E-state index in [1.54, 1.807) is 36.4 Å². The molecular formula is C25H23BrN2O3. The maximum Gasteiger partial charge on any atom is 0.256 e. The van der Waals surface area contributed by atoms with Gasteiger partial charge in [-0.3, -0.25) is 14.5 Å². The lowest BCUT2D eigenvalue weighted by Gasteiger charge is -2.26. The minimum absolute atomic E-state index is 0.181. The molecule has 0 bridgehead atoms. The number of rotatable bonds is 6. The first-order chi connectivity index (χ1) is 15.1. The van der Waals surface area contributed by atoms with Crippen LogP contribution in [0.25, 0.3) is 0 Å². The van der Waals surface area contributed by atoms with Gasteiger partial charge in [-0.15, -0.1) is 0 Å². The first-order valence-corrected chi connectivity index (χ1v) is 11.0. The molecule has 0 atom stereocenters. The van der Waals surface area contributed by atoms with Gasteiger partial charge < -0.3 is 10.1 Å². The van der Waals surface area contributed by atoms with Crippen molar-refractivity contribution in [3.05, 3.63) is 99.5 Å². The Kier molecular flexibility index (Phi) is 6.92. The second-order valence-corrected chi connectivity index (χ2v) is 8.34. The first-order valence-electron chi connectivity index (χ1n) is 10.2. The van der Waals surface area contributed by atoms with E-state index in [1.807, 2.05) is 36.4 Å². The Morgan fingerprint density at radius 2 is 1.52 bits per heavy atom. The molecule has 1 fully saturated rings. The second kappa shape index (κ2) is 10.0. The fourth-order valence-electron chi connectivity index (χ4n) is 3.55.